The van der Waals surface area contributed by atoms with Crippen LogP contribution in [0.25, 0.3) is 0 Å². The average Bonchev–Trinajstić information content (AvgIpc) is 2.03. The molecule has 5 heteroatoms. The summed E-state index contributed by atoms with van der Waals surface area (Å²) in [7, 11) is 1.13. The molecule has 0 saturated heterocycles. The molecular formula is C7H8O5. The van der Waals surface area contributed by atoms with E-state index in [1.807, 2.05) is 0 Å². The summed E-state index contributed by atoms with van der Waals surface area (Å²) in [6.07, 6.45) is 0.255. The highest BCUT2D eigenvalue weighted by Crippen LogP contribution is 1.90. The van der Waals surface area contributed by atoms with Crippen molar-refractivity contribution in [3.63, 3.8) is 0 Å². The van der Waals surface area contributed by atoms with E-state index in [1.54, 1.807) is 0 Å². The summed E-state index contributed by atoms with van der Waals surface area (Å²) in [5, 5.41) is 0. The lowest BCUT2D eigenvalue weighted by Crippen LogP contribution is -2.15. The highest BCUT2D eigenvalue weighted by Gasteiger charge is 2.12. The van der Waals surface area contributed by atoms with Crippen molar-refractivity contribution in [3.05, 3.63) is 12.7 Å². The van der Waals surface area contributed by atoms with Crippen molar-refractivity contribution in [2.24, 2.45) is 0 Å². The van der Waals surface area contributed by atoms with Crippen LogP contribution in [0.2, 0.25) is 0 Å². The van der Waals surface area contributed by atoms with Crippen LogP contribution >= 0.6 is 0 Å². The normalized spacial score (nSPS) is 8.42. The fourth-order valence-corrected chi connectivity index (χ4v) is 0.380. The number of methoxy groups -OCH3 is 1. The van der Waals surface area contributed by atoms with E-state index in [9.17, 15) is 14.4 Å². The molecule has 0 aromatic carbocycles. The molecule has 0 amide bonds. The minimum Gasteiger partial charge on any atom is -0.469 e. The third kappa shape index (κ3) is 4.21. The van der Waals surface area contributed by atoms with Crippen molar-refractivity contribution in [1.82, 2.24) is 0 Å². The quantitative estimate of drug-likeness (QED) is 0.335. The molecule has 0 unspecified atom stereocenters. The molecule has 0 aliphatic heterocycles. The van der Waals surface area contributed by atoms with E-state index in [2.05, 4.69) is 16.1 Å². The van der Waals surface area contributed by atoms with Crippen LogP contribution in [0.3, 0.4) is 0 Å². The molecule has 0 aliphatic rings. The molecule has 0 aliphatic carbocycles. The molecule has 0 saturated carbocycles. The number of carbonyl (C=O) groups is 3. The van der Waals surface area contributed by atoms with Crippen LogP contribution < -0.4 is 0 Å². The lowest BCUT2D eigenvalue weighted by molar-refractivity contribution is -0.159. The van der Waals surface area contributed by atoms with Gasteiger partial charge in [-0.05, 0) is 0 Å². The highest BCUT2D eigenvalue weighted by molar-refractivity contribution is 5.98. The van der Waals surface area contributed by atoms with Crippen LogP contribution in [0.5, 0.6) is 0 Å². The van der Waals surface area contributed by atoms with Gasteiger partial charge in [0.1, 0.15) is 6.42 Å². The van der Waals surface area contributed by atoms with Gasteiger partial charge in [-0.3, -0.25) is 9.59 Å². The van der Waals surface area contributed by atoms with Gasteiger partial charge in [-0.15, -0.1) is 0 Å². The second kappa shape index (κ2) is 5.06. The molecule has 0 N–H and O–H groups in total. The van der Waals surface area contributed by atoms with Gasteiger partial charge >= 0.3 is 17.9 Å². The first kappa shape index (κ1) is 10.3. The summed E-state index contributed by atoms with van der Waals surface area (Å²) in [5.74, 6) is -2.59. The smallest absolute Gasteiger partial charge is 0.337 e. The van der Waals surface area contributed by atoms with Crippen LogP contribution in [0.4, 0.5) is 0 Å². The zero-order chi connectivity index (χ0) is 9.56. The lowest BCUT2D eigenvalue weighted by atomic mass is 10.4. The van der Waals surface area contributed by atoms with Gasteiger partial charge in [0.25, 0.3) is 0 Å². The van der Waals surface area contributed by atoms with Crippen LogP contribution in [0, 0.1) is 0 Å². The van der Waals surface area contributed by atoms with Crippen LogP contribution in [0.1, 0.15) is 6.42 Å². The van der Waals surface area contributed by atoms with Crippen molar-refractivity contribution in [1.29, 1.82) is 0 Å². The Morgan fingerprint density at radius 1 is 1.33 bits per heavy atom. The Hall–Kier alpha value is -1.65. The maximum Gasteiger partial charge on any atom is 0.337 e. The van der Waals surface area contributed by atoms with Crippen molar-refractivity contribution < 1.29 is 23.9 Å². The minimum absolute atomic E-state index is 0.573. The maximum absolute atomic E-state index is 10.6. The van der Waals surface area contributed by atoms with E-state index in [4.69, 9.17) is 0 Å². The van der Waals surface area contributed by atoms with Crippen molar-refractivity contribution >= 4 is 17.9 Å². The molecule has 0 aromatic heterocycles. The van der Waals surface area contributed by atoms with Crippen molar-refractivity contribution in [3.8, 4) is 0 Å². The Morgan fingerprint density at radius 3 is 2.33 bits per heavy atom. The zero-order valence-electron chi connectivity index (χ0n) is 6.53. The van der Waals surface area contributed by atoms with Crippen LogP contribution in [0.15, 0.2) is 12.7 Å². The third-order valence-electron chi connectivity index (χ3n) is 0.897. The molecular weight excluding hydrogens is 164 g/mol. The third-order valence-corrected chi connectivity index (χ3v) is 0.897. The van der Waals surface area contributed by atoms with Crippen LogP contribution in [-0.4, -0.2) is 25.0 Å². The Balaban J connectivity index is 3.82. The van der Waals surface area contributed by atoms with Gasteiger partial charge in [-0.25, -0.2) is 4.79 Å². The van der Waals surface area contributed by atoms with Gasteiger partial charge in [0.05, 0.1) is 7.11 Å². The summed E-state index contributed by atoms with van der Waals surface area (Å²) >= 11 is 0. The molecule has 0 atom stereocenters. The number of hydrogen-bond donors (Lipinski definition) is 0. The SMILES string of the molecule is C=CC(=O)OC(=O)CC(=O)OC. The van der Waals surface area contributed by atoms with E-state index in [0.717, 1.165) is 13.2 Å². The van der Waals surface area contributed by atoms with Crippen molar-refractivity contribution in [2.75, 3.05) is 7.11 Å². The molecule has 0 spiro atoms. The molecule has 0 heterocycles. The number of ether oxygens (including phenoxy) is 2. The molecule has 5 nitrogen and oxygen atoms in total. The fourth-order valence-electron chi connectivity index (χ4n) is 0.380. The molecule has 0 rings (SSSR count). The van der Waals surface area contributed by atoms with Gasteiger partial charge in [0.15, 0.2) is 0 Å². The molecule has 66 valence electrons. The van der Waals surface area contributed by atoms with Gasteiger partial charge in [-0.1, -0.05) is 6.58 Å². The number of hydrogen-bond acceptors (Lipinski definition) is 5. The molecule has 12 heavy (non-hydrogen) atoms. The lowest BCUT2D eigenvalue weighted by Gasteiger charge is -1.97. The molecule has 0 radical (unpaired) electrons. The first-order valence-corrected chi connectivity index (χ1v) is 3.04. The summed E-state index contributed by atoms with van der Waals surface area (Å²) in [4.78, 5) is 31.4. The number of rotatable bonds is 3. The second-order valence-corrected chi connectivity index (χ2v) is 1.75. The van der Waals surface area contributed by atoms with E-state index in [1.165, 1.54) is 0 Å². The van der Waals surface area contributed by atoms with Gasteiger partial charge < -0.3 is 9.47 Å². The monoisotopic (exact) mass is 172 g/mol. The average molecular weight is 172 g/mol. The van der Waals surface area contributed by atoms with Gasteiger partial charge in [0, 0.05) is 6.08 Å². The molecule has 0 aromatic rings. The predicted octanol–water partition coefficient (Wildman–Crippen LogP) is -0.195. The Bertz CT molecular complexity index is 218. The number of carbonyl (C=O) groups excluding carboxylic acids is 3. The zero-order valence-corrected chi connectivity index (χ0v) is 6.53. The second-order valence-electron chi connectivity index (χ2n) is 1.75. The summed E-state index contributed by atoms with van der Waals surface area (Å²) in [6, 6.07) is 0. The first-order valence-electron chi connectivity index (χ1n) is 3.04. The van der Waals surface area contributed by atoms with E-state index in [-0.39, 0.29) is 0 Å². The minimum atomic E-state index is -0.952. The van der Waals surface area contributed by atoms with E-state index >= 15 is 0 Å². The Kier molecular flexibility index (Phi) is 4.36. The van der Waals surface area contributed by atoms with E-state index in [0.29, 0.717) is 0 Å². The predicted molar refractivity (Wildman–Crippen MR) is 37.9 cm³/mol. The maximum atomic E-state index is 10.6. The molecule has 0 bridgehead atoms. The van der Waals surface area contributed by atoms with Gasteiger partial charge in [0.2, 0.25) is 0 Å². The Labute approximate surface area is 69.0 Å². The largest absolute Gasteiger partial charge is 0.469 e. The fraction of sp³-hybridized carbons (Fsp3) is 0.286. The van der Waals surface area contributed by atoms with E-state index < -0.39 is 24.3 Å². The Morgan fingerprint density at radius 2 is 1.92 bits per heavy atom. The number of esters is 3. The standard InChI is InChI=1S/C7H8O5/c1-3-5(8)12-7(10)4-6(9)11-2/h3H,1,4H2,2H3. The van der Waals surface area contributed by atoms with Crippen molar-refractivity contribution in [2.45, 2.75) is 6.42 Å². The highest BCUT2D eigenvalue weighted by atomic mass is 16.6. The van der Waals surface area contributed by atoms with Crippen LogP contribution in [-0.2, 0) is 23.9 Å². The summed E-state index contributed by atoms with van der Waals surface area (Å²) < 4.78 is 8.23. The summed E-state index contributed by atoms with van der Waals surface area (Å²) in [6.45, 7) is 3.07. The first-order chi connectivity index (χ1) is 5.60. The topological polar surface area (TPSA) is 69.7 Å². The summed E-state index contributed by atoms with van der Waals surface area (Å²) in [5.41, 5.74) is 0. The molecule has 0 fully saturated rings. The van der Waals surface area contributed by atoms with Gasteiger partial charge in [-0.2, -0.15) is 0 Å².